The van der Waals surface area contributed by atoms with Crippen LogP contribution < -0.4 is 15.0 Å². The van der Waals surface area contributed by atoms with Crippen LogP contribution in [0, 0.1) is 28.1 Å². The zero-order valence-corrected chi connectivity index (χ0v) is 21.3. The Labute approximate surface area is 211 Å². The number of aliphatic hydroxyl groups excluding tert-OH is 1. The Morgan fingerprint density at radius 3 is 2.57 bits per heavy atom. The van der Waals surface area contributed by atoms with Crippen LogP contribution in [0.15, 0.2) is 30.6 Å². The van der Waals surface area contributed by atoms with Gasteiger partial charge in [0.05, 0.1) is 16.1 Å². The summed E-state index contributed by atoms with van der Waals surface area (Å²) in [5, 5.41) is 21.8. The minimum atomic E-state index is -0.350. The van der Waals surface area contributed by atoms with Crippen LogP contribution in [-0.2, 0) is 0 Å². The molecule has 8 nitrogen and oxygen atoms in total. The van der Waals surface area contributed by atoms with Crippen molar-refractivity contribution in [2.24, 2.45) is 16.7 Å². The number of aliphatic hydroxyl groups is 1. The van der Waals surface area contributed by atoms with Gasteiger partial charge in [0.1, 0.15) is 17.9 Å². The highest BCUT2D eigenvalue weighted by Gasteiger charge is 2.64. The monoisotopic (exact) mass is 497 g/mol. The van der Waals surface area contributed by atoms with Gasteiger partial charge in [0.15, 0.2) is 0 Å². The first-order valence-electron chi connectivity index (χ1n) is 11.9. The van der Waals surface area contributed by atoms with E-state index in [0.717, 1.165) is 25.9 Å². The van der Waals surface area contributed by atoms with Crippen LogP contribution in [0.3, 0.4) is 0 Å². The Kier molecular flexibility index (Phi) is 6.94. The van der Waals surface area contributed by atoms with Gasteiger partial charge in [0.25, 0.3) is 5.91 Å². The molecule has 35 heavy (non-hydrogen) atoms. The smallest absolute Gasteiger partial charge is 0.254 e. The molecule has 1 aromatic heterocycles. The third-order valence-corrected chi connectivity index (χ3v) is 7.75. The molecule has 0 radical (unpaired) electrons. The van der Waals surface area contributed by atoms with Crippen LogP contribution in [-0.4, -0.2) is 52.8 Å². The number of nitrogens with one attached hydrogen (secondary N) is 1. The molecule has 1 unspecified atom stereocenters. The van der Waals surface area contributed by atoms with E-state index in [1.165, 1.54) is 0 Å². The zero-order valence-electron chi connectivity index (χ0n) is 20.6. The van der Waals surface area contributed by atoms with Crippen molar-refractivity contribution >= 4 is 23.5 Å². The summed E-state index contributed by atoms with van der Waals surface area (Å²) in [6.07, 6.45) is 4.76. The maximum atomic E-state index is 13.1. The molecule has 2 heterocycles. The Morgan fingerprint density at radius 2 is 1.97 bits per heavy atom. The predicted octanol–water partition coefficient (Wildman–Crippen LogP) is 3.82. The van der Waals surface area contributed by atoms with Crippen molar-refractivity contribution in [3.63, 3.8) is 0 Å². The van der Waals surface area contributed by atoms with Crippen LogP contribution in [0.2, 0.25) is 5.02 Å². The summed E-state index contributed by atoms with van der Waals surface area (Å²) < 4.78 is 6.29. The number of nitriles is 1. The predicted molar refractivity (Wildman–Crippen MR) is 133 cm³/mol. The van der Waals surface area contributed by atoms with E-state index >= 15 is 0 Å². The van der Waals surface area contributed by atoms with Crippen molar-refractivity contribution in [3.8, 4) is 11.8 Å². The van der Waals surface area contributed by atoms with Crippen molar-refractivity contribution in [1.82, 2.24) is 15.3 Å². The van der Waals surface area contributed by atoms with Crippen molar-refractivity contribution in [2.45, 2.75) is 52.7 Å². The van der Waals surface area contributed by atoms with Gasteiger partial charge in [-0.15, -0.1) is 0 Å². The number of nitrogens with zero attached hydrogens (tertiary/aromatic N) is 4. The van der Waals surface area contributed by atoms with E-state index in [1.54, 1.807) is 30.6 Å². The normalized spacial score (nSPS) is 24.4. The van der Waals surface area contributed by atoms with E-state index in [9.17, 15) is 4.79 Å². The molecule has 186 valence electrons. The molecule has 1 aromatic carbocycles. The van der Waals surface area contributed by atoms with Gasteiger partial charge < -0.3 is 20.1 Å². The molecule has 0 bridgehead atoms. The lowest BCUT2D eigenvalue weighted by Crippen LogP contribution is -2.74. The van der Waals surface area contributed by atoms with Crippen LogP contribution in [0.5, 0.6) is 5.75 Å². The standard InChI is InChI=1S/C26H32ClN5O3/c1-25(2)22(26(3,4)23(25)35-19-6-5-17(12-28)20(27)11-19)31-21(34)18-13-29-24(30-14-18)32-9-7-16(15-32)8-10-33/h5-6,11,13-14,16,22-23,33H,7-10,15H2,1-4H3,(H,31,34). The highest BCUT2D eigenvalue weighted by Crippen LogP contribution is 2.55. The number of carbonyl (C=O) groups excluding carboxylic acids is 1. The van der Waals surface area contributed by atoms with Gasteiger partial charge >= 0.3 is 0 Å². The van der Waals surface area contributed by atoms with E-state index in [2.05, 4.69) is 47.9 Å². The Hall–Kier alpha value is -2.89. The number of aromatic nitrogens is 2. The fraction of sp³-hybridized carbons (Fsp3) is 0.538. The summed E-state index contributed by atoms with van der Waals surface area (Å²) in [5.41, 5.74) is 0.115. The minimum absolute atomic E-state index is 0.140. The number of hydrogen-bond acceptors (Lipinski definition) is 7. The topological polar surface area (TPSA) is 111 Å². The molecule has 4 rings (SSSR count). The summed E-state index contributed by atoms with van der Waals surface area (Å²) in [6, 6.07) is 6.96. The molecule has 2 N–H and O–H groups in total. The maximum absolute atomic E-state index is 13.1. The van der Waals surface area contributed by atoms with Gasteiger partial charge in [-0.2, -0.15) is 5.26 Å². The molecule has 1 saturated heterocycles. The number of ether oxygens (including phenoxy) is 1. The highest BCUT2D eigenvalue weighted by molar-refractivity contribution is 6.31. The van der Waals surface area contributed by atoms with E-state index in [4.69, 9.17) is 26.7 Å². The highest BCUT2D eigenvalue weighted by atomic mass is 35.5. The lowest BCUT2D eigenvalue weighted by molar-refractivity contribution is -0.164. The van der Waals surface area contributed by atoms with Crippen LogP contribution in [0.4, 0.5) is 5.95 Å². The average molecular weight is 498 g/mol. The SMILES string of the molecule is CC1(C)C(NC(=O)c2cnc(N3CCC(CCO)C3)nc2)C(C)(C)C1Oc1ccc(C#N)c(Cl)c1. The molecule has 1 amide bonds. The summed E-state index contributed by atoms with van der Waals surface area (Å²) >= 11 is 6.17. The van der Waals surface area contributed by atoms with Crippen molar-refractivity contribution in [2.75, 3.05) is 24.6 Å². The average Bonchev–Trinajstić information content (AvgIpc) is 3.29. The van der Waals surface area contributed by atoms with Gasteiger partial charge in [-0.3, -0.25) is 4.79 Å². The molecule has 2 aromatic rings. The number of anilines is 1. The largest absolute Gasteiger partial charge is 0.489 e. The Morgan fingerprint density at radius 1 is 1.29 bits per heavy atom. The van der Waals surface area contributed by atoms with Gasteiger partial charge in [0.2, 0.25) is 5.95 Å². The third kappa shape index (κ3) is 4.80. The summed E-state index contributed by atoms with van der Waals surface area (Å²) in [7, 11) is 0. The Bertz CT molecular complexity index is 1110. The fourth-order valence-corrected chi connectivity index (χ4v) is 6.06. The fourth-order valence-electron chi connectivity index (χ4n) is 5.84. The lowest BCUT2D eigenvalue weighted by atomic mass is 9.49. The first-order chi connectivity index (χ1) is 16.6. The van der Waals surface area contributed by atoms with E-state index in [0.29, 0.717) is 33.8 Å². The quantitative estimate of drug-likeness (QED) is 0.598. The number of carbonyl (C=O) groups is 1. The summed E-state index contributed by atoms with van der Waals surface area (Å²) in [4.78, 5) is 24.0. The van der Waals surface area contributed by atoms with Gasteiger partial charge in [0, 0.05) is 55.0 Å². The zero-order chi connectivity index (χ0) is 25.4. The number of benzene rings is 1. The van der Waals surface area contributed by atoms with Crippen molar-refractivity contribution in [1.29, 1.82) is 5.26 Å². The number of amides is 1. The molecular formula is C26H32ClN5O3. The van der Waals surface area contributed by atoms with Gasteiger partial charge in [-0.25, -0.2) is 9.97 Å². The second kappa shape index (κ2) is 9.63. The van der Waals surface area contributed by atoms with Crippen LogP contribution in [0.1, 0.15) is 56.5 Å². The summed E-state index contributed by atoms with van der Waals surface area (Å²) in [6.45, 7) is 10.1. The number of hydrogen-bond donors (Lipinski definition) is 2. The molecular weight excluding hydrogens is 466 g/mol. The van der Waals surface area contributed by atoms with E-state index in [-0.39, 0.29) is 35.5 Å². The number of rotatable bonds is 7. The maximum Gasteiger partial charge on any atom is 0.254 e. The third-order valence-electron chi connectivity index (χ3n) is 7.44. The van der Waals surface area contributed by atoms with E-state index in [1.807, 2.05) is 6.07 Å². The molecule has 1 aliphatic carbocycles. The van der Waals surface area contributed by atoms with Crippen molar-refractivity contribution < 1.29 is 14.6 Å². The molecule has 2 aliphatic rings. The molecule has 0 spiro atoms. The van der Waals surface area contributed by atoms with Crippen LogP contribution in [0.25, 0.3) is 0 Å². The summed E-state index contributed by atoms with van der Waals surface area (Å²) in [5.74, 6) is 1.44. The number of halogens is 1. The minimum Gasteiger partial charge on any atom is -0.489 e. The molecule has 1 aliphatic heterocycles. The molecule has 2 fully saturated rings. The van der Waals surface area contributed by atoms with Crippen molar-refractivity contribution in [3.05, 3.63) is 46.7 Å². The van der Waals surface area contributed by atoms with E-state index < -0.39 is 0 Å². The molecule has 1 saturated carbocycles. The van der Waals surface area contributed by atoms with Gasteiger partial charge in [-0.1, -0.05) is 39.3 Å². The lowest BCUT2D eigenvalue weighted by Gasteiger charge is -2.63. The first-order valence-corrected chi connectivity index (χ1v) is 12.3. The second-order valence-corrected chi connectivity index (χ2v) is 11.1. The Balaban J connectivity index is 1.40. The van der Waals surface area contributed by atoms with Gasteiger partial charge in [-0.05, 0) is 30.9 Å². The second-order valence-electron chi connectivity index (χ2n) is 10.7. The first kappa shape index (κ1) is 25.2. The molecule has 1 atom stereocenters. The van der Waals surface area contributed by atoms with Crippen LogP contribution >= 0.6 is 11.6 Å². The molecule has 9 heteroatoms.